The van der Waals surface area contributed by atoms with Gasteiger partial charge in [-0.25, -0.2) is 4.98 Å². The molecule has 3 heterocycles. The van der Waals surface area contributed by atoms with Crippen LogP contribution in [-0.4, -0.2) is 30.0 Å². The number of hydrogen-bond acceptors (Lipinski definition) is 7. The highest BCUT2D eigenvalue weighted by Crippen LogP contribution is 2.30. The Labute approximate surface area is 164 Å². The van der Waals surface area contributed by atoms with Gasteiger partial charge in [0.1, 0.15) is 19.0 Å². The second kappa shape index (κ2) is 7.73. The fourth-order valence-electron chi connectivity index (χ4n) is 2.68. The van der Waals surface area contributed by atoms with Crippen molar-refractivity contribution in [1.82, 2.24) is 15.8 Å². The number of ether oxygens (including phenoxy) is 2. The zero-order chi connectivity index (χ0) is 19.5. The Kier molecular flexibility index (Phi) is 4.98. The summed E-state index contributed by atoms with van der Waals surface area (Å²) in [6.45, 7) is 2.66. The van der Waals surface area contributed by atoms with E-state index in [1.54, 1.807) is 25.1 Å². The lowest BCUT2D eigenvalue weighted by Crippen LogP contribution is -2.42. The highest BCUT2D eigenvalue weighted by molar-refractivity contribution is 7.13. The van der Waals surface area contributed by atoms with Crippen molar-refractivity contribution in [3.05, 3.63) is 52.7 Å². The number of rotatable bonds is 4. The molecule has 0 aliphatic carbocycles. The van der Waals surface area contributed by atoms with Gasteiger partial charge in [0.05, 0.1) is 17.0 Å². The molecule has 4 rings (SSSR count). The van der Waals surface area contributed by atoms with Crippen LogP contribution in [0, 0.1) is 6.92 Å². The summed E-state index contributed by atoms with van der Waals surface area (Å²) in [5.41, 5.74) is 5.65. The number of carbonyl (C=O) groups excluding carboxylic acids is 2. The predicted octanol–water partition coefficient (Wildman–Crippen LogP) is 2.49. The average molecular weight is 399 g/mol. The van der Waals surface area contributed by atoms with Crippen molar-refractivity contribution in [2.45, 2.75) is 13.3 Å². The number of hydrogen-bond donors (Lipinski definition) is 2. The van der Waals surface area contributed by atoms with Crippen LogP contribution in [0.5, 0.6) is 11.5 Å². The largest absolute Gasteiger partial charge is 0.486 e. The van der Waals surface area contributed by atoms with Crippen molar-refractivity contribution in [1.29, 1.82) is 0 Å². The molecule has 0 unspecified atom stereocenters. The minimum Gasteiger partial charge on any atom is -0.486 e. The number of fused-ring (bicyclic) bond motifs is 1. The third-order valence-electron chi connectivity index (χ3n) is 4.07. The van der Waals surface area contributed by atoms with Crippen molar-refractivity contribution in [2.75, 3.05) is 13.2 Å². The van der Waals surface area contributed by atoms with E-state index in [-0.39, 0.29) is 6.42 Å². The minimum absolute atomic E-state index is 0.0118. The monoisotopic (exact) mass is 399 g/mol. The molecule has 0 saturated carbocycles. The first-order chi connectivity index (χ1) is 13.6. The van der Waals surface area contributed by atoms with E-state index in [0.29, 0.717) is 47.6 Å². The number of amides is 2. The lowest BCUT2D eigenvalue weighted by Gasteiger charge is -2.18. The minimum atomic E-state index is -0.457. The topological polar surface area (TPSA) is 103 Å². The van der Waals surface area contributed by atoms with E-state index in [0.717, 1.165) is 4.88 Å². The molecule has 144 valence electrons. The highest BCUT2D eigenvalue weighted by atomic mass is 32.1. The van der Waals surface area contributed by atoms with Gasteiger partial charge in [-0.3, -0.25) is 20.4 Å². The molecule has 1 aliphatic heterocycles. The van der Waals surface area contributed by atoms with Crippen LogP contribution in [0.15, 0.2) is 40.1 Å². The van der Waals surface area contributed by atoms with Crippen LogP contribution in [-0.2, 0) is 11.2 Å². The molecule has 9 heteroatoms. The van der Waals surface area contributed by atoms with Gasteiger partial charge in [-0.2, -0.15) is 0 Å². The number of nitrogens with zero attached hydrogens (tertiary/aromatic N) is 1. The highest BCUT2D eigenvalue weighted by Gasteiger charge is 2.17. The van der Waals surface area contributed by atoms with Crippen LogP contribution < -0.4 is 20.3 Å². The van der Waals surface area contributed by atoms with Crippen molar-refractivity contribution >= 4 is 23.2 Å². The van der Waals surface area contributed by atoms with E-state index >= 15 is 0 Å². The summed E-state index contributed by atoms with van der Waals surface area (Å²) < 4.78 is 16.5. The maximum atomic E-state index is 12.3. The summed E-state index contributed by atoms with van der Waals surface area (Å²) in [5, 5.41) is 1.93. The lowest BCUT2D eigenvalue weighted by atomic mass is 10.2. The standard InChI is InChI=1S/C19H17N3O5S/c1-11-13(20-19(27-11)16-3-2-8-28-16)10-17(23)21-22-18(24)12-4-5-14-15(9-12)26-7-6-25-14/h2-5,8-9H,6-7,10H2,1H3,(H,21,23)(H,22,24). The smallest absolute Gasteiger partial charge is 0.269 e. The first kappa shape index (κ1) is 18.1. The molecule has 8 nitrogen and oxygen atoms in total. The molecular formula is C19H17N3O5S. The third-order valence-corrected chi connectivity index (χ3v) is 4.93. The summed E-state index contributed by atoms with van der Waals surface area (Å²) >= 11 is 1.51. The van der Waals surface area contributed by atoms with Crippen molar-refractivity contribution < 1.29 is 23.5 Å². The van der Waals surface area contributed by atoms with Crippen LogP contribution in [0.2, 0.25) is 0 Å². The Morgan fingerprint density at radius 3 is 2.75 bits per heavy atom. The molecular weight excluding hydrogens is 382 g/mol. The Morgan fingerprint density at radius 1 is 1.14 bits per heavy atom. The van der Waals surface area contributed by atoms with E-state index in [1.165, 1.54) is 11.3 Å². The number of benzene rings is 1. The van der Waals surface area contributed by atoms with Gasteiger partial charge < -0.3 is 13.9 Å². The molecule has 3 aromatic rings. The number of oxazole rings is 1. The van der Waals surface area contributed by atoms with Gasteiger partial charge in [-0.1, -0.05) is 6.07 Å². The van der Waals surface area contributed by atoms with E-state index in [1.807, 2.05) is 17.5 Å². The van der Waals surface area contributed by atoms with Gasteiger partial charge >= 0.3 is 0 Å². The van der Waals surface area contributed by atoms with Gasteiger partial charge in [0, 0.05) is 5.56 Å². The predicted molar refractivity (Wildman–Crippen MR) is 101 cm³/mol. The maximum Gasteiger partial charge on any atom is 0.269 e. The van der Waals surface area contributed by atoms with Gasteiger partial charge in [0.2, 0.25) is 11.8 Å². The SMILES string of the molecule is Cc1oc(-c2cccs2)nc1CC(=O)NNC(=O)c1ccc2c(c1)OCCO2. The third kappa shape index (κ3) is 3.84. The molecule has 2 amide bonds. The quantitative estimate of drug-likeness (QED) is 0.654. The second-order valence-corrected chi connectivity index (χ2v) is 6.98. The summed E-state index contributed by atoms with van der Waals surface area (Å²) in [6, 6.07) is 8.64. The van der Waals surface area contributed by atoms with Crippen molar-refractivity contribution in [3.63, 3.8) is 0 Å². The number of carbonyl (C=O) groups is 2. The molecule has 0 radical (unpaired) electrons. The van der Waals surface area contributed by atoms with Gasteiger partial charge in [0.15, 0.2) is 11.5 Å². The number of thiophene rings is 1. The molecule has 2 N–H and O–H groups in total. The fourth-order valence-corrected chi connectivity index (χ4v) is 3.33. The summed E-state index contributed by atoms with van der Waals surface area (Å²) in [6.07, 6.45) is -0.0118. The second-order valence-electron chi connectivity index (χ2n) is 6.04. The Balaban J connectivity index is 1.35. The first-order valence-electron chi connectivity index (χ1n) is 8.59. The molecule has 0 atom stereocenters. The molecule has 2 aromatic heterocycles. The Bertz CT molecular complexity index is 1010. The van der Waals surface area contributed by atoms with E-state index in [4.69, 9.17) is 13.9 Å². The fraction of sp³-hybridized carbons (Fsp3) is 0.211. The van der Waals surface area contributed by atoms with Crippen molar-refractivity contribution in [2.24, 2.45) is 0 Å². The van der Waals surface area contributed by atoms with Crippen LogP contribution in [0.4, 0.5) is 0 Å². The van der Waals surface area contributed by atoms with Crippen LogP contribution >= 0.6 is 11.3 Å². The average Bonchev–Trinajstić information content (AvgIpc) is 3.36. The summed E-state index contributed by atoms with van der Waals surface area (Å²) in [4.78, 5) is 29.7. The van der Waals surface area contributed by atoms with Gasteiger partial charge in [-0.15, -0.1) is 11.3 Å². The zero-order valence-electron chi connectivity index (χ0n) is 15.0. The van der Waals surface area contributed by atoms with Crippen LogP contribution in [0.1, 0.15) is 21.8 Å². The normalized spacial score (nSPS) is 12.5. The van der Waals surface area contributed by atoms with Crippen LogP contribution in [0.25, 0.3) is 10.8 Å². The lowest BCUT2D eigenvalue weighted by molar-refractivity contribution is -0.121. The van der Waals surface area contributed by atoms with Crippen LogP contribution in [0.3, 0.4) is 0 Å². The number of aryl methyl sites for hydroxylation is 1. The number of aromatic nitrogens is 1. The molecule has 0 bridgehead atoms. The Hall–Kier alpha value is -3.33. The summed E-state index contributed by atoms with van der Waals surface area (Å²) in [7, 11) is 0. The molecule has 1 aliphatic rings. The molecule has 0 spiro atoms. The molecule has 0 saturated heterocycles. The Morgan fingerprint density at radius 2 is 1.96 bits per heavy atom. The first-order valence-corrected chi connectivity index (χ1v) is 9.47. The zero-order valence-corrected chi connectivity index (χ0v) is 15.8. The van der Waals surface area contributed by atoms with E-state index in [2.05, 4.69) is 15.8 Å². The number of hydrazine groups is 1. The number of nitrogens with one attached hydrogen (secondary N) is 2. The van der Waals surface area contributed by atoms with E-state index < -0.39 is 11.8 Å². The molecule has 1 aromatic carbocycles. The maximum absolute atomic E-state index is 12.3. The molecule has 28 heavy (non-hydrogen) atoms. The van der Waals surface area contributed by atoms with E-state index in [9.17, 15) is 9.59 Å². The van der Waals surface area contributed by atoms with Gasteiger partial charge in [0.25, 0.3) is 5.91 Å². The van der Waals surface area contributed by atoms with Crippen molar-refractivity contribution in [3.8, 4) is 22.3 Å². The van der Waals surface area contributed by atoms with Gasteiger partial charge in [-0.05, 0) is 36.6 Å². The summed E-state index contributed by atoms with van der Waals surface area (Å²) in [5.74, 6) is 1.29. The molecule has 0 fully saturated rings.